The fourth-order valence-corrected chi connectivity index (χ4v) is 2.57. The highest BCUT2D eigenvalue weighted by Gasteiger charge is 2.22. The van der Waals surface area contributed by atoms with Crippen molar-refractivity contribution in [2.45, 2.75) is 13.5 Å². The molecule has 0 fully saturated rings. The van der Waals surface area contributed by atoms with E-state index in [0.717, 1.165) is 16.9 Å². The maximum atomic E-state index is 12.4. The summed E-state index contributed by atoms with van der Waals surface area (Å²) in [6.45, 7) is 2.15. The number of rotatable bonds is 3. The van der Waals surface area contributed by atoms with E-state index < -0.39 is 0 Å². The molecule has 106 valence electrons. The van der Waals surface area contributed by atoms with E-state index >= 15 is 0 Å². The van der Waals surface area contributed by atoms with E-state index in [-0.39, 0.29) is 12.3 Å². The number of aromatic nitrogens is 2. The molecule has 0 spiro atoms. The summed E-state index contributed by atoms with van der Waals surface area (Å²) in [5.41, 5.74) is 2.49. The fourth-order valence-electron chi connectivity index (χ4n) is 2.45. The number of halogens is 1. The first-order valence-corrected chi connectivity index (χ1v) is 6.99. The Hall–Kier alpha value is -2.33. The Labute approximate surface area is 127 Å². The Morgan fingerprint density at radius 1 is 1.19 bits per heavy atom. The number of benzene rings is 2. The van der Waals surface area contributed by atoms with Gasteiger partial charge in [0.25, 0.3) is 5.82 Å². The van der Waals surface area contributed by atoms with E-state index in [1.165, 1.54) is 0 Å². The van der Waals surface area contributed by atoms with Gasteiger partial charge in [0.1, 0.15) is 0 Å². The summed E-state index contributed by atoms with van der Waals surface area (Å²) in [6.07, 6.45) is 0. The Morgan fingerprint density at radius 2 is 1.86 bits per heavy atom. The van der Waals surface area contributed by atoms with E-state index in [1.54, 1.807) is 28.9 Å². The van der Waals surface area contributed by atoms with Gasteiger partial charge in [0.05, 0.1) is 0 Å². The molecule has 2 N–H and O–H groups in total. The molecule has 1 aromatic heterocycles. The zero-order valence-electron chi connectivity index (χ0n) is 11.6. The number of carbonyl (C=O) groups is 1. The molecule has 0 unspecified atom stereocenters. The second-order valence-corrected chi connectivity index (χ2v) is 5.36. The average molecular weight is 301 g/mol. The molecule has 21 heavy (non-hydrogen) atoms. The summed E-state index contributed by atoms with van der Waals surface area (Å²) in [7, 11) is 0. The van der Waals surface area contributed by atoms with Crippen molar-refractivity contribution >= 4 is 28.4 Å². The average Bonchev–Trinajstić information content (AvgIpc) is 2.73. The van der Waals surface area contributed by atoms with Crippen LogP contribution in [0.5, 0.6) is 0 Å². The molecule has 0 saturated heterocycles. The fraction of sp³-hybridized carbons (Fsp3) is 0.125. The Morgan fingerprint density at radius 3 is 2.57 bits per heavy atom. The molecule has 2 aromatic carbocycles. The molecule has 3 aromatic rings. The van der Waals surface area contributed by atoms with Gasteiger partial charge in [-0.2, -0.15) is 0 Å². The molecular formula is C16H15ClN3O+. The highest BCUT2D eigenvalue weighted by Crippen LogP contribution is 2.13. The maximum Gasteiger partial charge on any atom is 0.277 e. The lowest BCUT2D eigenvalue weighted by molar-refractivity contribution is -0.664. The number of fused-ring (bicyclic) bond motifs is 1. The Kier molecular flexibility index (Phi) is 3.39. The highest BCUT2D eigenvalue weighted by atomic mass is 35.5. The summed E-state index contributed by atoms with van der Waals surface area (Å²) >= 11 is 5.85. The van der Waals surface area contributed by atoms with Gasteiger partial charge in [-0.15, -0.1) is 4.68 Å². The first kappa shape index (κ1) is 13.6. The third-order valence-electron chi connectivity index (χ3n) is 3.64. The first-order chi connectivity index (χ1) is 10.1. The van der Waals surface area contributed by atoms with Crippen molar-refractivity contribution in [2.24, 2.45) is 0 Å². The molecule has 0 amide bonds. The number of nitrogens with zero attached hydrogens (tertiary/aromatic N) is 2. The SMILES string of the molecule is Cc1n(N)c2ccccc2[n+]1CC(=O)c1ccc(Cl)cc1. The molecule has 5 heteroatoms. The van der Waals surface area contributed by atoms with Gasteiger partial charge < -0.3 is 0 Å². The molecular weight excluding hydrogens is 286 g/mol. The van der Waals surface area contributed by atoms with E-state index in [4.69, 9.17) is 17.4 Å². The van der Waals surface area contributed by atoms with Gasteiger partial charge in [-0.05, 0) is 36.4 Å². The van der Waals surface area contributed by atoms with Crippen molar-refractivity contribution in [3.05, 3.63) is 64.9 Å². The van der Waals surface area contributed by atoms with Crippen molar-refractivity contribution < 1.29 is 9.36 Å². The number of nitrogens with two attached hydrogens (primary N) is 1. The number of carbonyl (C=O) groups excluding carboxylic acids is 1. The van der Waals surface area contributed by atoms with Crippen LogP contribution in [0.2, 0.25) is 5.02 Å². The standard InChI is InChI=1S/C16H15ClN3O/c1-11-19(14-4-2-3-5-15(14)20(11)18)10-16(21)12-6-8-13(17)9-7-12/h2-9H,10,18H2,1H3/q+1. The molecule has 0 saturated carbocycles. The third-order valence-corrected chi connectivity index (χ3v) is 3.89. The van der Waals surface area contributed by atoms with Crippen LogP contribution in [0, 0.1) is 6.92 Å². The molecule has 0 aliphatic rings. The van der Waals surface area contributed by atoms with Gasteiger partial charge in [-0.1, -0.05) is 23.7 Å². The van der Waals surface area contributed by atoms with Crippen LogP contribution >= 0.6 is 11.6 Å². The van der Waals surface area contributed by atoms with Crippen LogP contribution in [0.3, 0.4) is 0 Å². The highest BCUT2D eigenvalue weighted by molar-refractivity contribution is 6.30. The van der Waals surface area contributed by atoms with Crippen molar-refractivity contribution in [3.63, 3.8) is 0 Å². The number of nitrogen functional groups attached to an aromatic ring is 1. The topological polar surface area (TPSA) is 51.9 Å². The summed E-state index contributed by atoms with van der Waals surface area (Å²) in [5.74, 6) is 6.90. The van der Waals surface area contributed by atoms with Gasteiger partial charge in [-0.25, -0.2) is 4.57 Å². The molecule has 4 nitrogen and oxygen atoms in total. The lowest BCUT2D eigenvalue weighted by Gasteiger charge is -2.01. The second-order valence-electron chi connectivity index (χ2n) is 4.92. The van der Waals surface area contributed by atoms with Gasteiger partial charge in [-0.3, -0.25) is 10.6 Å². The number of Topliss-reactive ketones (excluding diaryl/α,β-unsaturated/α-hetero) is 1. The smallest absolute Gasteiger partial charge is 0.277 e. The lowest BCUT2D eigenvalue weighted by Crippen LogP contribution is -2.41. The number of hydrogen-bond donors (Lipinski definition) is 1. The molecule has 0 atom stereocenters. The summed E-state index contributed by atoms with van der Waals surface area (Å²) in [6, 6.07) is 14.7. The molecule has 0 aliphatic carbocycles. The second kappa shape index (κ2) is 5.22. The minimum atomic E-state index is 0.0242. The van der Waals surface area contributed by atoms with E-state index in [1.807, 2.05) is 35.8 Å². The van der Waals surface area contributed by atoms with Crippen molar-refractivity contribution in [2.75, 3.05) is 5.84 Å². The van der Waals surface area contributed by atoms with Crippen molar-refractivity contribution in [1.29, 1.82) is 0 Å². The monoisotopic (exact) mass is 300 g/mol. The summed E-state index contributed by atoms with van der Waals surface area (Å²) in [4.78, 5) is 12.4. The van der Waals surface area contributed by atoms with Crippen molar-refractivity contribution in [1.82, 2.24) is 4.68 Å². The molecule has 1 heterocycles. The quantitative estimate of drug-likeness (QED) is 0.459. The zero-order valence-corrected chi connectivity index (χ0v) is 12.3. The minimum absolute atomic E-state index is 0.0242. The Bertz CT molecular complexity index is 821. The molecule has 0 aliphatic heterocycles. The van der Waals surface area contributed by atoms with E-state index in [9.17, 15) is 4.79 Å². The van der Waals surface area contributed by atoms with Gasteiger partial charge >= 0.3 is 0 Å². The van der Waals surface area contributed by atoms with Crippen LogP contribution in [-0.4, -0.2) is 10.5 Å². The zero-order chi connectivity index (χ0) is 15.0. The van der Waals surface area contributed by atoms with Crippen LogP contribution in [0.1, 0.15) is 16.2 Å². The van der Waals surface area contributed by atoms with E-state index in [2.05, 4.69) is 0 Å². The normalized spacial score (nSPS) is 11.0. The predicted octanol–water partition coefficient (Wildman–Crippen LogP) is 2.49. The van der Waals surface area contributed by atoms with Crippen LogP contribution in [0.4, 0.5) is 0 Å². The lowest BCUT2D eigenvalue weighted by atomic mass is 10.1. The van der Waals surface area contributed by atoms with Crippen LogP contribution in [-0.2, 0) is 6.54 Å². The number of ketones is 1. The van der Waals surface area contributed by atoms with Gasteiger partial charge in [0.15, 0.2) is 17.6 Å². The maximum absolute atomic E-state index is 12.4. The summed E-state index contributed by atoms with van der Waals surface area (Å²) in [5, 5.41) is 0.619. The van der Waals surface area contributed by atoms with Crippen LogP contribution in [0.25, 0.3) is 11.0 Å². The predicted molar refractivity (Wildman–Crippen MR) is 82.8 cm³/mol. The van der Waals surface area contributed by atoms with E-state index in [0.29, 0.717) is 10.6 Å². The first-order valence-electron chi connectivity index (χ1n) is 6.61. The van der Waals surface area contributed by atoms with Gasteiger partial charge in [0.2, 0.25) is 5.78 Å². The molecule has 0 radical (unpaired) electrons. The number of imidazole rings is 1. The van der Waals surface area contributed by atoms with Gasteiger partial charge in [0, 0.05) is 17.5 Å². The van der Waals surface area contributed by atoms with Crippen LogP contribution in [0.15, 0.2) is 48.5 Å². The molecule has 0 bridgehead atoms. The Balaban J connectivity index is 2.00. The number of para-hydroxylation sites is 2. The van der Waals surface area contributed by atoms with Crippen LogP contribution < -0.4 is 10.4 Å². The summed E-state index contributed by atoms with van der Waals surface area (Å²) < 4.78 is 3.52. The largest absolute Gasteiger partial charge is 0.290 e. The minimum Gasteiger partial charge on any atom is -0.290 e. The third kappa shape index (κ3) is 2.38. The number of hydrogen-bond acceptors (Lipinski definition) is 2. The molecule has 3 rings (SSSR count). The van der Waals surface area contributed by atoms with Crippen molar-refractivity contribution in [3.8, 4) is 0 Å².